The molecule has 0 saturated heterocycles. The van der Waals surface area contributed by atoms with Crippen LogP contribution in [0.15, 0.2) is 24.3 Å². The summed E-state index contributed by atoms with van der Waals surface area (Å²) < 4.78 is 10.9. The van der Waals surface area contributed by atoms with Gasteiger partial charge in [-0.1, -0.05) is 51.5 Å². The minimum absolute atomic E-state index is 0.112. The van der Waals surface area contributed by atoms with Gasteiger partial charge in [0.2, 0.25) is 0 Å². The lowest BCUT2D eigenvalue weighted by Gasteiger charge is -2.35. The number of hydrogen-bond acceptors (Lipinski definition) is 3. The Labute approximate surface area is 162 Å². The highest BCUT2D eigenvalue weighted by molar-refractivity contribution is 6.74. The van der Waals surface area contributed by atoms with Crippen molar-refractivity contribution in [2.24, 2.45) is 11.8 Å². The van der Waals surface area contributed by atoms with Crippen LogP contribution in [0.4, 0.5) is 0 Å². The summed E-state index contributed by atoms with van der Waals surface area (Å²) in [7, 11) is -0.191. The van der Waals surface area contributed by atoms with E-state index in [0.29, 0.717) is 12.3 Å². The summed E-state index contributed by atoms with van der Waals surface area (Å²) in [5.41, 5.74) is 0. The van der Waals surface area contributed by atoms with E-state index in [1.165, 1.54) is 26.4 Å². The van der Waals surface area contributed by atoms with Crippen LogP contribution >= 0.6 is 0 Å². The van der Waals surface area contributed by atoms with Crippen molar-refractivity contribution >= 4 is 14.3 Å². The molecule has 0 heterocycles. The van der Waals surface area contributed by atoms with Crippen molar-refractivity contribution in [2.45, 2.75) is 83.8 Å². The van der Waals surface area contributed by atoms with E-state index in [1.54, 1.807) is 0 Å². The molecule has 0 aromatic carbocycles. The molecule has 0 unspecified atom stereocenters. The molecule has 4 heteroatoms. The van der Waals surface area contributed by atoms with Gasteiger partial charge in [-0.05, 0) is 62.1 Å². The number of rotatable bonds is 10. The molecule has 1 rings (SSSR count). The van der Waals surface area contributed by atoms with Crippen molar-refractivity contribution in [3.8, 4) is 0 Å². The Balaban J connectivity index is 2.31. The molecule has 1 fully saturated rings. The minimum atomic E-state index is -1.64. The third kappa shape index (κ3) is 8.21. The lowest BCUT2D eigenvalue weighted by Crippen LogP contribution is -2.40. The van der Waals surface area contributed by atoms with Gasteiger partial charge in [-0.2, -0.15) is 0 Å². The quantitative estimate of drug-likeness (QED) is 0.194. The summed E-state index contributed by atoms with van der Waals surface area (Å²) in [4.78, 5) is 11.1. The van der Waals surface area contributed by atoms with E-state index in [2.05, 4.69) is 62.9 Å². The molecular formula is C22H40O3Si. The fourth-order valence-electron chi connectivity index (χ4n) is 3.17. The second kappa shape index (κ2) is 11.1. The molecule has 26 heavy (non-hydrogen) atoms. The second-order valence-corrected chi connectivity index (χ2v) is 13.8. The van der Waals surface area contributed by atoms with E-state index >= 15 is 0 Å². The number of esters is 1. The van der Waals surface area contributed by atoms with Crippen LogP contribution in [0.5, 0.6) is 0 Å². The molecule has 3 nitrogen and oxygen atoms in total. The molecular weight excluding hydrogens is 340 g/mol. The molecule has 150 valence electrons. The number of allylic oxidation sites excluding steroid dienone is 3. The van der Waals surface area contributed by atoms with E-state index in [1.807, 2.05) is 0 Å². The van der Waals surface area contributed by atoms with Gasteiger partial charge in [0.05, 0.1) is 13.7 Å². The zero-order chi connectivity index (χ0) is 19.6. The van der Waals surface area contributed by atoms with Gasteiger partial charge in [-0.15, -0.1) is 0 Å². The normalized spacial score (nSPS) is 21.8. The molecule has 0 N–H and O–H groups in total. The predicted octanol–water partition coefficient (Wildman–Crippen LogP) is 6.27. The maximum absolute atomic E-state index is 11.1. The van der Waals surface area contributed by atoms with E-state index in [4.69, 9.17) is 4.43 Å². The zero-order valence-corrected chi connectivity index (χ0v) is 18.8. The minimum Gasteiger partial charge on any atom is -0.469 e. The van der Waals surface area contributed by atoms with Crippen LogP contribution in [-0.2, 0) is 14.0 Å². The average Bonchev–Trinajstić information content (AvgIpc) is 3.00. The highest BCUT2D eigenvalue weighted by Gasteiger charge is 2.36. The Kier molecular flexibility index (Phi) is 9.87. The van der Waals surface area contributed by atoms with Crippen LogP contribution in [0.25, 0.3) is 0 Å². The van der Waals surface area contributed by atoms with Gasteiger partial charge >= 0.3 is 5.97 Å². The fourth-order valence-corrected chi connectivity index (χ4v) is 4.12. The van der Waals surface area contributed by atoms with Crippen molar-refractivity contribution in [1.29, 1.82) is 0 Å². The van der Waals surface area contributed by atoms with Crippen LogP contribution in [0.1, 0.15) is 65.7 Å². The van der Waals surface area contributed by atoms with Gasteiger partial charge in [-0.3, -0.25) is 4.79 Å². The lowest BCUT2D eigenvalue weighted by atomic mass is 9.92. The van der Waals surface area contributed by atoms with E-state index in [-0.39, 0.29) is 11.0 Å². The van der Waals surface area contributed by atoms with Crippen molar-refractivity contribution in [1.82, 2.24) is 0 Å². The number of hydrogen-bond donors (Lipinski definition) is 0. The van der Waals surface area contributed by atoms with E-state index in [0.717, 1.165) is 31.8 Å². The van der Waals surface area contributed by atoms with Gasteiger partial charge in [0, 0.05) is 6.42 Å². The standard InChI is InChI=1S/C22H40O3Si/c1-22(2,3)26(5,6)25-18-12-16-20-15-11-14-19(20)13-9-7-8-10-17-21(23)24-4/h7,9,12,16,19-20H,8,10-11,13-15,17-18H2,1-6H3/b9-7-,16-12+/t19-,20-/m0/s1. The second-order valence-electron chi connectivity index (χ2n) is 9.03. The van der Waals surface area contributed by atoms with Crippen LogP contribution < -0.4 is 0 Å². The maximum Gasteiger partial charge on any atom is 0.305 e. The average molecular weight is 381 g/mol. The predicted molar refractivity (Wildman–Crippen MR) is 113 cm³/mol. The van der Waals surface area contributed by atoms with Crippen molar-refractivity contribution in [3.05, 3.63) is 24.3 Å². The molecule has 0 radical (unpaired) electrons. The molecule has 0 aromatic heterocycles. The fraction of sp³-hybridized carbons (Fsp3) is 0.773. The summed E-state index contributed by atoms with van der Waals surface area (Å²) in [6, 6.07) is 0. The summed E-state index contributed by atoms with van der Waals surface area (Å²) in [5, 5.41) is 0.273. The first-order valence-electron chi connectivity index (χ1n) is 10.2. The Hall–Kier alpha value is -0.873. The summed E-state index contributed by atoms with van der Waals surface area (Å²) in [5.74, 6) is 1.34. The molecule has 0 spiro atoms. The van der Waals surface area contributed by atoms with E-state index < -0.39 is 8.32 Å². The number of unbranched alkanes of at least 4 members (excludes halogenated alkanes) is 1. The first kappa shape index (κ1) is 23.2. The Morgan fingerprint density at radius 2 is 1.88 bits per heavy atom. The zero-order valence-electron chi connectivity index (χ0n) is 17.8. The Bertz CT molecular complexity index is 474. The number of carbonyl (C=O) groups is 1. The Morgan fingerprint density at radius 3 is 2.54 bits per heavy atom. The topological polar surface area (TPSA) is 35.5 Å². The summed E-state index contributed by atoms with van der Waals surface area (Å²) >= 11 is 0. The molecule has 0 amide bonds. The highest BCUT2D eigenvalue weighted by Crippen LogP contribution is 2.37. The van der Waals surface area contributed by atoms with Gasteiger partial charge < -0.3 is 9.16 Å². The first-order valence-corrected chi connectivity index (χ1v) is 13.1. The van der Waals surface area contributed by atoms with Crippen LogP contribution in [0.2, 0.25) is 18.1 Å². The van der Waals surface area contributed by atoms with Gasteiger partial charge in [0.1, 0.15) is 0 Å². The molecule has 1 saturated carbocycles. The first-order chi connectivity index (χ1) is 12.2. The lowest BCUT2D eigenvalue weighted by molar-refractivity contribution is -0.140. The molecule has 2 atom stereocenters. The molecule has 0 aliphatic heterocycles. The van der Waals surface area contributed by atoms with E-state index in [9.17, 15) is 4.79 Å². The number of carbonyl (C=O) groups excluding carboxylic acids is 1. The van der Waals surface area contributed by atoms with Gasteiger partial charge in [-0.25, -0.2) is 0 Å². The molecule has 0 aromatic rings. The third-order valence-corrected chi connectivity index (χ3v) is 10.5. The van der Waals surface area contributed by atoms with Gasteiger partial charge in [0.15, 0.2) is 8.32 Å². The third-order valence-electron chi connectivity index (χ3n) is 6.03. The van der Waals surface area contributed by atoms with Crippen LogP contribution in [-0.4, -0.2) is 28.0 Å². The number of methoxy groups -OCH3 is 1. The van der Waals surface area contributed by atoms with Crippen molar-refractivity contribution < 1.29 is 14.0 Å². The SMILES string of the molecule is COC(=O)CCC/C=C\C[C@H]1CCC[C@H]1/C=C/CO[Si](C)(C)C(C)(C)C. The smallest absolute Gasteiger partial charge is 0.305 e. The van der Waals surface area contributed by atoms with Crippen molar-refractivity contribution in [3.63, 3.8) is 0 Å². The van der Waals surface area contributed by atoms with Crippen LogP contribution in [0.3, 0.4) is 0 Å². The van der Waals surface area contributed by atoms with Crippen LogP contribution in [0, 0.1) is 11.8 Å². The summed E-state index contributed by atoms with van der Waals surface area (Å²) in [6.07, 6.45) is 16.6. The highest BCUT2D eigenvalue weighted by atomic mass is 28.4. The van der Waals surface area contributed by atoms with Crippen molar-refractivity contribution in [2.75, 3.05) is 13.7 Å². The van der Waals surface area contributed by atoms with Gasteiger partial charge in [0.25, 0.3) is 0 Å². The maximum atomic E-state index is 11.1. The molecule has 0 bridgehead atoms. The molecule has 1 aliphatic rings. The number of ether oxygens (including phenoxy) is 1. The summed E-state index contributed by atoms with van der Waals surface area (Å²) in [6.45, 7) is 12.2. The Morgan fingerprint density at radius 1 is 1.15 bits per heavy atom. The largest absolute Gasteiger partial charge is 0.469 e. The monoisotopic (exact) mass is 380 g/mol. The molecule has 1 aliphatic carbocycles.